The molecular formula is C13H19N3O2. The quantitative estimate of drug-likeness (QED) is 0.872. The van der Waals surface area contributed by atoms with E-state index in [0.29, 0.717) is 5.56 Å². The standard InChI is InChI=1S/C13H19N3O2/c1-2-5-15-6-8-16(9-7-15)12-10-11(13(17)18)3-4-14-12/h3-4,10H,2,5-9H2,1H3,(H,17,18). The number of hydrogen-bond donors (Lipinski definition) is 1. The van der Waals surface area contributed by atoms with Crippen LogP contribution in [0.25, 0.3) is 0 Å². The van der Waals surface area contributed by atoms with E-state index >= 15 is 0 Å². The van der Waals surface area contributed by atoms with Crippen molar-refractivity contribution < 1.29 is 9.90 Å². The van der Waals surface area contributed by atoms with Gasteiger partial charge in [0.15, 0.2) is 0 Å². The highest BCUT2D eigenvalue weighted by molar-refractivity contribution is 5.88. The molecule has 0 aromatic carbocycles. The summed E-state index contributed by atoms with van der Waals surface area (Å²) < 4.78 is 0. The summed E-state index contributed by atoms with van der Waals surface area (Å²) in [5.41, 5.74) is 0.302. The maximum absolute atomic E-state index is 10.9. The third-order valence-corrected chi connectivity index (χ3v) is 3.23. The van der Waals surface area contributed by atoms with Gasteiger partial charge in [-0.1, -0.05) is 6.92 Å². The monoisotopic (exact) mass is 249 g/mol. The minimum atomic E-state index is -0.900. The first-order valence-corrected chi connectivity index (χ1v) is 6.37. The molecule has 1 aromatic heterocycles. The molecular weight excluding hydrogens is 230 g/mol. The number of aromatic carboxylic acids is 1. The van der Waals surface area contributed by atoms with Crippen LogP contribution >= 0.6 is 0 Å². The number of hydrogen-bond acceptors (Lipinski definition) is 4. The van der Waals surface area contributed by atoms with E-state index in [1.165, 1.54) is 12.5 Å². The van der Waals surface area contributed by atoms with Crippen LogP contribution in [-0.4, -0.2) is 53.7 Å². The first kappa shape index (κ1) is 12.8. The summed E-state index contributed by atoms with van der Waals surface area (Å²) in [5.74, 6) is -0.130. The third-order valence-electron chi connectivity index (χ3n) is 3.23. The van der Waals surface area contributed by atoms with E-state index in [-0.39, 0.29) is 0 Å². The van der Waals surface area contributed by atoms with E-state index < -0.39 is 5.97 Å². The van der Waals surface area contributed by atoms with E-state index in [0.717, 1.165) is 38.5 Å². The topological polar surface area (TPSA) is 56.7 Å². The molecule has 98 valence electrons. The Bertz CT molecular complexity index is 414. The Balaban J connectivity index is 2.01. The van der Waals surface area contributed by atoms with Crippen molar-refractivity contribution in [2.24, 2.45) is 0 Å². The summed E-state index contributed by atoms with van der Waals surface area (Å²) in [6, 6.07) is 3.18. The number of rotatable bonds is 4. The lowest BCUT2D eigenvalue weighted by Crippen LogP contribution is -2.46. The van der Waals surface area contributed by atoms with Gasteiger partial charge in [0.2, 0.25) is 0 Å². The van der Waals surface area contributed by atoms with Crippen LogP contribution in [0.1, 0.15) is 23.7 Å². The van der Waals surface area contributed by atoms with Crippen molar-refractivity contribution in [3.8, 4) is 0 Å². The van der Waals surface area contributed by atoms with Crippen molar-refractivity contribution in [3.63, 3.8) is 0 Å². The van der Waals surface area contributed by atoms with Gasteiger partial charge in [-0.3, -0.25) is 4.90 Å². The highest BCUT2D eigenvalue weighted by Gasteiger charge is 2.18. The number of carbonyl (C=O) groups is 1. The lowest BCUT2D eigenvalue weighted by Gasteiger charge is -2.35. The average Bonchev–Trinajstić information content (AvgIpc) is 2.40. The van der Waals surface area contributed by atoms with Crippen molar-refractivity contribution in [2.45, 2.75) is 13.3 Å². The predicted molar refractivity (Wildman–Crippen MR) is 70.1 cm³/mol. The van der Waals surface area contributed by atoms with E-state index in [9.17, 15) is 4.79 Å². The summed E-state index contributed by atoms with van der Waals surface area (Å²) in [4.78, 5) is 19.8. The maximum Gasteiger partial charge on any atom is 0.335 e. The minimum Gasteiger partial charge on any atom is -0.478 e. The molecule has 2 heterocycles. The van der Waals surface area contributed by atoms with Crippen LogP contribution in [0.2, 0.25) is 0 Å². The summed E-state index contributed by atoms with van der Waals surface area (Å²) in [6.45, 7) is 7.19. The van der Waals surface area contributed by atoms with Gasteiger partial charge in [0.25, 0.3) is 0 Å². The zero-order valence-corrected chi connectivity index (χ0v) is 10.7. The number of carboxylic acids is 1. The summed E-state index contributed by atoms with van der Waals surface area (Å²) >= 11 is 0. The molecule has 0 atom stereocenters. The SMILES string of the molecule is CCCN1CCN(c2cc(C(=O)O)ccn2)CC1. The van der Waals surface area contributed by atoms with Crippen LogP contribution in [0, 0.1) is 0 Å². The largest absolute Gasteiger partial charge is 0.478 e. The van der Waals surface area contributed by atoms with Crippen LogP contribution in [0.15, 0.2) is 18.3 Å². The first-order chi connectivity index (χ1) is 8.70. The second kappa shape index (κ2) is 5.82. The van der Waals surface area contributed by atoms with E-state index in [1.54, 1.807) is 12.3 Å². The van der Waals surface area contributed by atoms with Crippen molar-refractivity contribution in [1.29, 1.82) is 0 Å². The normalized spacial score (nSPS) is 16.8. The molecule has 0 unspecified atom stereocenters. The lowest BCUT2D eigenvalue weighted by atomic mass is 10.2. The van der Waals surface area contributed by atoms with Crippen LogP contribution < -0.4 is 4.90 Å². The Kier molecular flexibility index (Phi) is 4.15. The van der Waals surface area contributed by atoms with Gasteiger partial charge in [-0.25, -0.2) is 9.78 Å². The Morgan fingerprint density at radius 2 is 2.11 bits per heavy atom. The molecule has 0 spiro atoms. The molecule has 5 heteroatoms. The molecule has 1 N–H and O–H groups in total. The van der Waals surface area contributed by atoms with Crippen molar-refractivity contribution in [2.75, 3.05) is 37.6 Å². The van der Waals surface area contributed by atoms with Gasteiger partial charge in [-0.2, -0.15) is 0 Å². The first-order valence-electron chi connectivity index (χ1n) is 6.37. The fourth-order valence-corrected chi connectivity index (χ4v) is 2.24. The van der Waals surface area contributed by atoms with Gasteiger partial charge in [0.1, 0.15) is 5.82 Å². The second-order valence-corrected chi connectivity index (χ2v) is 4.54. The van der Waals surface area contributed by atoms with Crippen LogP contribution in [-0.2, 0) is 0 Å². The van der Waals surface area contributed by atoms with Gasteiger partial charge in [0.05, 0.1) is 5.56 Å². The van der Waals surface area contributed by atoms with E-state index in [4.69, 9.17) is 5.11 Å². The smallest absolute Gasteiger partial charge is 0.335 e. The number of nitrogens with zero attached hydrogens (tertiary/aromatic N) is 3. The molecule has 1 aromatic rings. The van der Waals surface area contributed by atoms with Crippen molar-refractivity contribution in [3.05, 3.63) is 23.9 Å². The Morgan fingerprint density at radius 1 is 1.39 bits per heavy atom. The number of aromatic nitrogens is 1. The highest BCUT2D eigenvalue weighted by Crippen LogP contribution is 2.15. The Labute approximate surface area is 107 Å². The third kappa shape index (κ3) is 2.98. The molecule has 18 heavy (non-hydrogen) atoms. The van der Waals surface area contributed by atoms with Crippen LogP contribution in [0.3, 0.4) is 0 Å². The zero-order chi connectivity index (χ0) is 13.0. The molecule has 0 saturated carbocycles. The molecule has 1 fully saturated rings. The minimum absolute atomic E-state index is 0.302. The van der Waals surface area contributed by atoms with Gasteiger partial charge >= 0.3 is 5.97 Å². The van der Waals surface area contributed by atoms with E-state index in [2.05, 4.69) is 21.7 Å². The Hall–Kier alpha value is -1.62. The molecule has 1 aliphatic heterocycles. The maximum atomic E-state index is 10.9. The average molecular weight is 249 g/mol. The lowest BCUT2D eigenvalue weighted by molar-refractivity contribution is 0.0697. The molecule has 1 aliphatic rings. The molecule has 1 saturated heterocycles. The Morgan fingerprint density at radius 3 is 2.72 bits per heavy atom. The molecule has 2 rings (SSSR count). The molecule has 0 radical (unpaired) electrons. The zero-order valence-electron chi connectivity index (χ0n) is 10.7. The second-order valence-electron chi connectivity index (χ2n) is 4.54. The van der Waals surface area contributed by atoms with Gasteiger partial charge < -0.3 is 10.0 Å². The predicted octanol–water partition coefficient (Wildman–Crippen LogP) is 1.31. The van der Waals surface area contributed by atoms with E-state index in [1.807, 2.05) is 0 Å². The fraction of sp³-hybridized carbons (Fsp3) is 0.538. The summed E-state index contributed by atoms with van der Waals surface area (Å²) in [6.07, 6.45) is 2.74. The van der Waals surface area contributed by atoms with Crippen LogP contribution in [0.4, 0.5) is 5.82 Å². The fourth-order valence-electron chi connectivity index (χ4n) is 2.24. The summed E-state index contributed by atoms with van der Waals surface area (Å²) in [7, 11) is 0. The molecule has 5 nitrogen and oxygen atoms in total. The number of anilines is 1. The van der Waals surface area contributed by atoms with Gasteiger partial charge in [0, 0.05) is 32.4 Å². The molecule has 0 bridgehead atoms. The molecule has 0 aliphatic carbocycles. The summed E-state index contributed by atoms with van der Waals surface area (Å²) in [5, 5.41) is 8.97. The van der Waals surface area contributed by atoms with Crippen molar-refractivity contribution in [1.82, 2.24) is 9.88 Å². The van der Waals surface area contributed by atoms with Crippen LogP contribution in [0.5, 0.6) is 0 Å². The van der Waals surface area contributed by atoms with Gasteiger partial charge in [-0.15, -0.1) is 0 Å². The van der Waals surface area contributed by atoms with Gasteiger partial charge in [-0.05, 0) is 25.1 Å². The number of pyridine rings is 1. The number of carboxylic acid groups (broad SMARTS) is 1. The van der Waals surface area contributed by atoms with Crippen molar-refractivity contribution >= 4 is 11.8 Å². The highest BCUT2D eigenvalue weighted by atomic mass is 16.4. The molecule has 0 amide bonds. The number of piperazine rings is 1.